The van der Waals surface area contributed by atoms with E-state index in [1.54, 1.807) is 22.9 Å². The third-order valence-electron chi connectivity index (χ3n) is 3.76. The lowest BCUT2D eigenvalue weighted by Crippen LogP contribution is -2.28. The Morgan fingerprint density at radius 2 is 2.18 bits per heavy atom. The van der Waals surface area contributed by atoms with E-state index in [1.807, 2.05) is 12.3 Å². The van der Waals surface area contributed by atoms with E-state index in [0.717, 1.165) is 21.4 Å². The molecule has 2 heterocycles. The first-order valence-electron chi connectivity index (χ1n) is 6.66. The van der Waals surface area contributed by atoms with E-state index in [-0.39, 0.29) is 12.5 Å². The van der Waals surface area contributed by atoms with Crippen LogP contribution in [0.15, 0.2) is 17.2 Å². The van der Waals surface area contributed by atoms with Gasteiger partial charge in [-0.25, -0.2) is 0 Å². The Bertz CT molecular complexity index is 767. The maximum atomic E-state index is 12.0. The van der Waals surface area contributed by atoms with Crippen molar-refractivity contribution in [3.05, 3.63) is 33.4 Å². The van der Waals surface area contributed by atoms with Gasteiger partial charge >= 0.3 is 0 Å². The SMILES string of the molecule is COCC(=O)N1Cc2cnc3c(Cl)c(Cl)c(SC)cc3c2C1. The lowest BCUT2D eigenvalue weighted by atomic mass is 10.1. The molecule has 0 saturated carbocycles. The fourth-order valence-electron chi connectivity index (χ4n) is 2.66. The molecule has 0 unspecified atom stereocenters. The third kappa shape index (κ3) is 2.56. The number of hydrogen-bond donors (Lipinski definition) is 0. The average molecular weight is 357 g/mol. The summed E-state index contributed by atoms with van der Waals surface area (Å²) in [4.78, 5) is 19.1. The molecule has 0 radical (unpaired) electrons. The van der Waals surface area contributed by atoms with Crippen LogP contribution >= 0.6 is 35.0 Å². The second-order valence-corrected chi connectivity index (χ2v) is 6.65. The van der Waals surface area contributed by atoms with Gasteiger partial charge in [-0.1, -0.05) is 23.2 Å². The highest BCUT2D eigenvalue weighted by molar-refractivity contribution is 7.98. The van der Waals surface area contributed by atoms with E-state index < -0.39 is 0 Å². The van der Waals surface area contributed by atoms with Crippen LogP contribution in [0.5, 0.6) is 0 Å². The van der Waals surface area contributed by atoms with Gasteiger partial charge in [0.1, 0.15) is 6.61 Å². The number of ether oxygens (including phenoxy) is 1. The lowest BCUT2D eigenvalue weighted by Gasteiger charge is -2.14. The molecular formula is C15H14Cl2N2O2S. The number of nitrogens with zero attached hydrogens (tertiary/aromatic N) is 2. The average Bonchev–Trinajstić information content (AvgIpc) is 2.95. The number of amides is 1. The van der Waals surface area contributed by atoms with Crippen molar-refractivity contribution in [2.75, 3.05) is 20.0 Å². The van der Waals surface area contributed by atoms with E-state index in [2.05, 4.69) is 4.98 Å². The first-order valence-corrected chi connectivity index (χ1v) is 8.64. The highest BCUT2D eigenvalue weighted by Gasteiger charge is 2.26. The summed E-state index contributed by atoms with van der Waals surface area (Å²) in [7, 11) is 1.52. The predicted molar refractivity (Wildman–Crippen MR) is 89.7 cm³/mol. The minimum atomic E-state index is -0.0306. The summed E-state index contributed by atoms with van der Waals surface area (Å²) in [5.74, 6) is -0.0306. The fourth-order valence-corrected chi connectivity index (χ4v) is 3.86. The number of carbonyl (C=O) groups excluding carboxylic acids is 1. The van der Waals surface area contributed by atoms with Gasteiger partial charge in [0.15, 0.2) is 0 Å². The number of methoxy groups -OCH3 is 1. The van der Waals surface area contributed by atoms with Gasteiger partial charge in [0, 0.05) is 36.7 Å². The van der Waals surface area contributed by atoms with Crippen LogP contribution in [0.3, 0.4) is 0 Å². The molecule has 1 aromatic heterocycles. The minimum absolute atomic E-state index is 0.0306. The molecule has 0 saturated heterocycles. The summed E-state index contributed by atoms with van der Waals surface area (Å²) in [6.07, 6.45) is 3.73. The molecule has 116 valence electrons. The highest BCUT2D eigenvalue weighted by atomic mass is 35.5. The van der Waals surface area contributed by atoms with Crippen LogP contribution in [0.2, 0.25) is 10.0 Å². The predicted octanol–water partition coefficient (Wildman–Crippen LogP) is 3.75. The molecule has 22 heavy (non-hydrogen) atoms. The molecule has 1 aliphatic heterocycles. The minimum Gasteiger partial charge on any atom is -0.375 e. The Balaban J connectivity index is 2.10. The molecule has 0 aliphatic carbocycles. The van der Waals surface area contributed by atoms with Gasteiger partial charge < -0.3 is 9.64 Å². The number of carbonyl (C=O) groups is 1. The smallest absolute Gasteiger partial charge is 0.249 e. The second kappa shape index (κ2) is 6.24. The summed E-state index contributed by atoms with van der Waals surface area (Å²) in [5, 5.41) is 1.95. The van der Waals surface area contributed by atoms with Crippen LogP contribution in [-0.2, 0) is 22.6 Å². The monoisotopic (exact) mass is 356 g/mol. The van der Waals surface area contributed by atoms with Gasteiger partial charge in [-0.2, -0.15) is 0 Å². The van der Waals surface area contributed by atoms with Crippen molar-refractivity contribution in [1.82, 2.24) is 9.88 Å². The molecule has 1 aliphatic rings. The van der Waals surface area contributed by atoms with Crippen LogP contribution in [0, 0.1) is 0 Å². The number of pyridine rings is 1. The first kappa shape index (κ1) is 15.9. The molecule has 1 aromatic carbocycles. The van der Waals surface area contributed by atoms with Crippen molar-refractivity contribution in [1.29, 1.82) is 0 Å². The Morgan fingerprint density at radius 3 is 2.86 bits per heavy atom. The van der Waals surface area contributed by atoms with Crippen molar-refractivity contribution < 1.29 is 9.53 Å². The molecule has 1 amide bonds. The van der Waals surface area contributed by atoms with Gasteiger partial charge in [-0.15, -0.1) is 11.8 Å². The Morgan fingerprint density at radius 1 is 1.41 bits per heavy atom. The van der Waals surface area contributed by atoms with Gasteiger partial charge in [0.05, 0.1) is 15.6 Å². The quantitative estimate of drug-likeness (QED) is 0.785. The number of thioether (sulfide) groups is 1. The zero-order chi connectivity index (χ0) is 15.9. The topological polar surface area (TPSA) is 42.4 Å². The van der Waals surface area contributed by atoms with E-state index >= 15 is 0 Å². The standard InChI is InChI=1S/C15H14Cl2N2O2S/c1-21-7-12(20)19-5-8-4-18-15-9(10(8)6-19)3-11(22-2)13(16)14(15)17/h3-4H,5-7H2,1-2H3. The molecule has 4 nitrogen and oxygen atoms in total. The summed E-state index contributed by atoms with van der Waals surface area (Å²) in [6.45, 7) is 1.18. The molecule has 0 bridgehead atoms. The lowest BCUT2D eigenvalue weighted by molar-refractivity contribution is -0.135. The van der Waals surface area contributed by atoms with E-state index in [0.29, 0.717) is 28.7 Å². The molecule has 0 fully saturated rings. The van der Waals surface area contributed by atoms with Crippen LogP contribution in [0.1, 0.15) is 11.1 Å². The number of fused-ring (bicyclic) bond motifs is 3. The zero-order valence-corrected chi connectivity index (χ0v) is 14.5. The number of hydrogen-bond acceptors (Lipinski definition) is 4. The van der Waals surface area contributed by atoms with Gasteiger partial charge in [0.2, 0.25) is 5.91 Å². The number of aromatic nitrogens is 1. The van der Waals surface area contributed by atoms with Gasteiger partial charge in [-0.05, 0) is 23.4 Å². The molecule has 0 N–H and O–H groups in total. The Labute approximate surface area is 142 Å². The molecule has 0 spiro atoms. The summed E-state index contributed by atoms with van der Waals surface area (Å²) in [5.41, 5.74) is 2.81. The van der Waals surface area contributed by atoms with Crippen LogP contribution in [-0.4, -0.2) is 35.8 Å². The van der Waals surface area contributed by atoms with E-state index in [9.17, 15) is 4.79 Å². The molecule has 0 atom stereocenters. The number of benzene rings is 1. The maximum Gasteiger partial charge on any atom is 0.249 e. The van der Waals surface area contributed by atoms with Crippen molar-refractivity contribution in [3.8, 4) is 0 Å². The van der Waals surface area contributed by atoms with Crippen LogP contribution in [0.25, 0.3) is 10.9 Å². The highest BCUT2D eigenvalue weighted by Crippen LogP contribution is 2.40. The van der Waals surface area contributed by atoms with E-state index in [4.69, 9.17) is 27.9 Å². The van der Waals surface area contributed by atoms with Crippen molar-refractivity contribution >= 4 is 51.8 Å². The van der Waals surface area contributed by atoms with Crippen LogP contribution in [0.4, 0.5) is 0 Å². The molecular weight excluding hydrogens is 343 g/mol. The summed E-state index contributed by atoms with van der Waals surface area (Å²) < 4.78 is 4.92. The van der Waals surface area contributed by atoms with Crippen LogP contribution < -0.4 is 0 Å². The Hall–Kier alpha value is -1.01. The van der Waals surface area contributed by atoms with Gasteiger partial charge in [0.25, 0.3) is 0 Å². The number of rotatable bonds is 3. The van der Waals surface area contributed by atoms with E-state index in [1.165, 1.54) is 7.11 Å². The maximum absolute atomic E-state index is 12.0. The summed E-state index contributed by atoms with van der Waals surface area (Å²) >= 11 is 14.2. The zero-order valence-electron chi connectivity index (χ0n) is 12.2. The first-order chi connectivity index (χ1) is 10.6. The molecule has 2 aromatic rings. The molecule has 3 rings (SSSR count). The van der Waals surface area contributed by atoms with Gasteiger partial charge in [-0.3, -0.25) is 9.78 Å². The fraction of sp³-hybridized carbons (Fsp3) is 0.333. The van der Waals surface area contributed by atoms with Crippen molar-refractivity contribution in [2.45, 2.75) is 18.0 Å². The summed E-state index contributed by atoms with van der Waals surface area (Å²) in [6, 6.07) is 2.00. The van der Waals surface area contributed by atoms with Crippen molar-refractivity contribution in [2.24, 2.45) is 0 Å². The largest absolute Gasteiger partial charge is 0.375 e. The molecule has 7 heteroatoms. The third-order valence-corrected chi connectivity index (χ3v) is 5.49. The van der Waals surface area contributed by atoms with Crippen molar-refractivity contribution in [3.63, 3.8) is 0 Å². The second-order valence-electron chi connectivity index (χ2n) is 5.05. The number of halogens is 2. The normalized spacial score (nSPS) is 13.7. The Kier molecular flexibility index (Phi) is 4.50.